The molecule has 0 atom stereocenters. The molecule has 2 amide bonds. The summed E-state index contributed by atoms with van der Waals surface area (Å²) in [7, 11) is -2.18. The summed E-state index contributed by atoms with van der Waals surface area (Å²) in [5, 5.41) is 7.87. The number of amides is 2. The van der Waals surface area contributed by atoms with E-state index in [1.807, 2.05) is 18.2 Å². The van der Waals surface area contributed by atoms with Crippen molar-refractivity contribution in [2.45, 2.75) is 24.8 Å². The smallest absolute Gasteiger partial charge is 0.239 e. The summed E-state index contributed by atoms with van der Waals surface area (Å²) in [6, 6.07) is 11.7. The van der Waals surface area contributed by atoms with Gasteiger partial charge in [-0.1, -0.05) is 12.1 Å². The zero-order chi connectivity index (χ0) is 26.6. The maximum Gasteiger partial charge on any atom is 0.239 e. The van der Waals surface area contributed by atoms with Gasteiger partial charge in [-0.15, -0.1) is 0 Å². The van der Waals surface area contributed by atoms with Gasteiger partial charge in [0.25, 0.3) is 0 Å². The van der Waals surface area contributed by atoms with E-state index in [1.165, 1.54) is 12.1 Å². The zero-order valence-corrected chi connectivity index (χ0v) is 21.5. The predicted octanol–water partition coefficient (Wildman–Crippen LogP) is 1.66. The monoisotopic (exact) mass is 527 g/mol. The number of aromatic nitrogens is 1. The van der Waals surface area contributed by atoms with Gasteiger partial charge in [0.2, 0.25) is 21.8 Å². The molecule has 1 fully saturated rings. The van der Waals surface area contributed by atoms with Crippen molar-refractivity contribution in [2.75, 3.05) is 38.2 Å². The number of carbonyl (C=O) groups is 2. The lowest BCUT2D eigenvalue weighted by atomic mass is 10.1. The highest BCUT2D eigenvalue weighted by atomic mass is 32.2. The molecule has 2 aromatic carbocycles. The van der Waals surface area contributed by atoms with Crippen LogP contribution < -0.4 is 20.1 Å². The molecule has 0 unspecified atom stereocenters. The van der Waals surface area contributed by atoms with Crippen molar-refractivity contribution in [3.05, 3.63) is 60.1 Å². The van der Waals surface area contributed by atoms with Crippen LogP contribution >= 0.6 is 0 Å². The lowest BCUT2D eigenvalue weighted by molar-refractivity contribution is -0.135. The molecule has 2 heterocycles. The summed E-state index contributed by atoms with van der Waals surface area (Å²) >= 11 is 0. The molecule has 0 aliphatic carbocycles. The molecule has 3 N–H and O–H groups in total. The van der Waals surface area contributed by atoms with Crippen LogP contribution in [0.15, 0.2) is 58.0 Å². The number of rotatable bonds is 8. The molecule has 12 heteroatoms. The second kappa shape index (κ2) is 11.0. The van der Waals surface area contributed by atoms with Crippen LogP contribution in [0.5, 0.6) is 5.75 Å². The average molecular weight is 528 g/mol. The SMILES string of the molecule is COc1cc(N2CCC(=O)N(CC(=O)NCc3ccc(S(N)(=O)=O)cc3)CC2)ccc1-c1cnc(C)o1. The maximum absolute atomic E-state index is 12.7. The van der Waals surface area contributed by atoms with Crippen LogP contribution in [0.3, 0.4) is 0 Å². The van der Waals surface area contributed by atoms with Crippen molar-refractivity contribution in [3.8, 4) is 17.1 Å². The molecule has 1 aliphatic heterocycles. The first-order chi connectivity index (χ1) is 17.6. The first kappa shape index (κ1) is 26.2. The Morgan fingerprint density at radius 2 is 1.92 bits per heavy atom. The largest absolute Gasteiger partial charge is 0.496 e. The molecule has 1 aromatic heterocycles. The third-order valence-electron chi connectivity index (χ3n) is 6.10. The van der Waals surface area contributed by atoms with E-state index < -0.39 is 10.0 Å². The Kier molecular flexibility index (Phi) is 7.79. The number of methoxy groups -OCH3 is 1. The number of sulfonamides is 1. The van der Waals surface area contributed by atoms with E-state index in [9.17, 15) is 18.0 Å². The highest BCUT2D eigenvalue weighted by molar-refractivity contribution is 7.89. The van der Waals surface area contributed by atoms with Gasteiger partial charge < -0.3 is 24.3 Å². The van der Waals surface area contributed by atoms with Crippen LogP contribution in [0, 0.1) is 6.92 Å². The van der Waals surface area contributed by atoms with Gasteiger partial charge in [-0.05, 0) is 29.8 Å². The topological polar surface area (TPSA) is 148 Å². The molecular formula is C25H29N5O6S. The summed E-state index contributed by atoms with van der Waals surface area (Å²) < 4.78 is 33.9. The molecule has 3 aromatic rings. The van der Waals surface area contributed by atoms with Crippen molar-refractivity contribution in [1.82, 2.24) is 15.2 Å². The zero-order valence-electron chi connectivity index (χ0n) is 20.6. The molecular weight excluding hydrogens is 498 g/mol. The van der Waals surface area contributed by atoms with E-state index in [-0.39, 0.29) is 36.2 Å². The van der Waals surface area contributed by atoms with Gasteiger partial charge in [-0.3, -0.25) is 9.59 Å². The summed E-state index contributed by atoms with van der Waals surface area (Å²) in [6.45, 7) is 3.37. The van der Waals surface area contributed by atoms with E-state index in [1.54, 1.807) is 37.3 Å². The lowest BCUT2D eigenvalue weighted by Gasteiger charge is -2.24. The quantitative estimate of drug-likeness (QED) is 0.449. The highest BCUT2D eigenvalue weighted by Crippen LogP contribution is 2.34. The van der Waals surface area contributed by atoms with E-state index in [4.69, 9.17) is 14.3 Å². The fourth-order valence-corrected chi connectivity index (χ4v) is 4.60. The van der Waals surface area contributed by atoms with Gasteiger partial charge in [-0.25, -0.2) is 18.5 Å². The minimum absolute atomic E-state index is 0.00243. The van der Waals surface area contributed by atoms with Gasteiger partial charge >= 0.3 is 0 Å². The Morgan fingerprint density at radius 1 is 1.16 bits per heavy atom. The van der Waals surface area contributed by atoms with Gasteiger partial charge in [0, 0.05) is 51.3 Å². The Balaban J connectivity index is 1.35. The van der Waals surface area contributed by atoms with Crippen LogP contribution in [0.4, 0.5) is 5.69 Å². The number of carbonyl (C=O) groups excluding carboxylic acids is 2. The summed E-state index contributed by atoms with van der Waals surface area (Å²) in [6.07, 6.45) is 1.92. The van der Waals surface area contributed by atoms with Gasteiger partial charge in [0.1, 0.15) is 5.75 Å². The fourth-order valence-electron chi connectivity index (χ4n) is 4.09. The number of nitrogens with zero attached hydrogens (tertiary/aromatic N) is 3. The lowest BCUT2D eigenvalue weighted by Crippen LogP contribution is -2.41. The van der Waals surface area contributed by atoms with Crippen molar-refractivity contribution in [1.29, 1.82) is 0 Å². The van der Waals surface area contributed by atoms with Crippen LogP contribution in [0.1, 0.15) is 17.9 Å². The second-order valence-corrected chi connectivity index (χ2v) is 10.2. The highest BCUT2D eigenvalue weighted by Gasteiger charge is 2.24. The third kappa shape index (κ3) is 6.46. The van der Waals surface area contributed by atoms with E-state index in [2.05, 4.69) is 15.2 Å². The number of oxazole rings is 1. The molecule has 0 bridgehead atoms. The van der Waals surface area contributed by atoms with Crippen LogP contribution in [0.25, 0.3) is 11.3 Å². The standard InChI is InChI=1S/C25H29N5O6S/c1-17-27-15-23(36-17)21-8-5-19(13-22(21)35-2)29-10-9-25(32)30(12-11-29)16-24(31)28-14-18-3-6-20(7-4-18)37(26,33)34/h3-8,13,15H,9-12,14,16H2,1-2H3,(H,28,31)(H2,26,33,34). The molecule has 1 aliphatic rings. The summed E-state index contributed by atoms with van der Waals surface area (Å²) in [4.78, 5) is 33.0. The van der Waals surface area contributed by atoms with Gasteiger partial charge in [-0.2, -0.15) is 0 Å². The number of benzene rings is 2. The maximum atomic E-state index is 12.7. The third-order valence-corrected chi connectivity index (χ3v) is 7.03. The van der Waals surface area contributed by atoms with Gasteiger partial charge in [0.15, 0.2) is 11.7 Å². The Labute approximate surface area is 215 Å². The van der Waals surface area contributed by atoms with E-state index >= 15 is 0 Å². The molecule has 0 saturated carbocycles. The number of ether oxygens (including phenoxy) is 1. The molecule has 4 rings (SSSR count). The molecule has 37 heavy (non-hydrogen) atoms. The van der Waals surface area contributed by atoms with Gasteiger partial charge in [0.05, 0.1) is 30.3 Å². The number of primary sulfonamides is 1. The molecule has 0 spiro atoms. The van der Waals surface area contributed by atoms with Crippen molar-refractivity contribution < 1.29 is 27.2 Å². The number of nitrogens with two attached hydrogens (primary N) is 1. The van der Waals surface area contributed by atoms with Crippen LogP contribution in [-0.2, 0) is 26.2 Å². The van der Waals surface area contributed by atoms with Crippen molar-refractivity contribution in [2.24, 2.45) is 5.14 Å². The summed E-state index contributed by atoms with van der Waals surface area (Å²) in [5.74, 6) is 1.42. The molecule has 196 valence electrons. The minimum Gasteiger partial charge on any atom is -0.496 e. The van der Waals surface area contributed by atoms with Crippen molar-refractivity contribution in [3.63, 3.8) is 0 Å². The van der Waals surface area contributed by atoms with E-state index in [0.29, 0.717) is 42.6 Å². The van der Waals surface area contributed by atoms with E-state index in [0.717, 1.165) is 11.3 Å². The molecule has 1 saturated heterocycles. The Bertz CT molecular complexity index is 1390. The molecule has 11 nitrogen and oxygen atoms in total. The normalized spacial score (nSPS) is 14.4. The van der Waals surface area contributed by atoms with Crippen LogP contribution in [-0.4, -0.2) is 63.4 Å². The fraction of sp³-hybridized carbons (Fsp3) is 0.320. The number of nitrogens with one attached hydrogen (secondary N) is 1. The summed E-state index contributed by atoms with van der Waals surface area (Å²) in [5.41, 5.74) is 2.40. The van der Waals surface area contributed by atoms with Crippen molar-refractivity contribution >= 4 is 27.5 Å². The number of hydrogen-bond acceptors (Lipinski definition) is 8. The molecule has 0 radical (unpaired) electrons. The number of anilines is 1. The Morgan fingerprint density at radius 3 is 2.57 bits per heavy atom. The predicted molar refractivity (Wildman–Crippen MR) is 136 cm³/mol. The average Bonchev–Trinajstić information content (AvgIpc) is 3.23. The first-order valence-corrected chi connectivity index (χ1v) is 13.2. The second-order valence-electron chi connectivity index (χ2n) is 8.65. The number of aryl methyl sites for hydroxylation is 1. The van der Waals surface area contributed by atoms with Crippen LogP contribution in [0.2, 0.25) is 0 Å². The number of hydrogen-bond donors (Lipinski definition) is 2. The Hall–Kier alpha value is -3.90. The minimum atomic E-state index is -3.77. The first-order valence-electron chi connectivity index (χ1n) is 11.7.